The minimum Gasteiger partial charge on any atom is -0.385 e. The molecule has 0 aliphatic carbocycles. The normalized spacial score (nSPS) is 24.5. The molecule has 0 unspecified atom stereocenters. The van der Waals surface area contributed by atoms with Gasteiger partial charge in [-0.1, -0.05) is 18.2 Å². The van der Waals surface area contributed by atoms with Crippen LogP contribution in [0.3, 0.4) is 0 Å². The summed E-state index contributed by atoms with van der Waals surface area (Å²) in [5, 5.41) is 2.88. The van der Waals surface area contributed by atoms with Crippen LogP contribution in [0.25, 0.3) is 0 Å². The summed E-state index contributed by atoms with van der Waals surface area (Å²) in [6.45, 7) is 5.24. The molecule has 6 heteroatoms. The minimum absolute atomic E-state index is 0.0410. The highest BCUT2D eigenvalue weighted by atomic mass is 32.2. The second kappa shape index (κ2) is 6.17. The Labute approximate surface area is 140 Å². The molecule has 0 bridgehead atoms. The van der Waals surface area contributed by atoms with Gasteiger partial charge in [0.25, 0.3) is 5.91 Å². The van der Waals surface area contributed by atoms with Gasteiger partial charge in [-0.15, -0.1) is 11.8 Å². The first-order chi connectivity index (χ1) is 11.0. The lowest BCUT2D eigenvalue weighted by Gasteiger charge is -2.29. The summed E-state index contributed by atoms with van der Waals surface area (Å²) in [7, 11) is 1.64. The van der Waals surface area contributed by atoms with Crippen LogP contribution < -0.4 is 5.32 Å². The molecule has 3 rings (SSSR count). The topological polar surface area (TPSA) is 58.6 Å². The number of hydrogen-bond donors (Lipinski definition) is 1. The molecule has 1 aromatic carbocycles. The molecule has 2 heterocycles. The second-order valence-electron chi connectivity index (χ2n) is 6.41. The molecule has 0 radical (unpaired) electrons. The second-order valence-corrected chi connectivity index (χ2v) is 8.15. The minimum atomic E-state index is -0.458. The van der Waals surface area contributed by atoms with Crippen LogP contribution in [0.2, 0.25) is 0 Å². The predicted octanol–water partition coefficient (Wildman–Crippen LogP) is 2.19. The highest BCUT2D eigenvalue weighted by Crippen LogP contribution is 2.56. The van der Waals surface area contributed by atoms with Crippen molar-refractivity contribution in [3.63, 3.8) is 0 Å². The van der Waals surface area contributed by atoms with Gasteiger partial charge < -0.3 is 15.0 Å². The average molecular weight is 334 g/mol. The van der Waals surface area contributed by atoms with Crippen molar-refractivity contribution in [1.82, 2.24) is 10.2 Å². The zero-order chi connectivity index (χ0) is 16.6. The Kier molecular flexibility index (Phi) is 4.38. The average Bonchev–Trinajstić information content (AvgIpc) is 2.95. The summed E-state index contributed by atoms with van der Waals surface area (Å²) in [6, 6.07) is 7.19. The first kappa shape index (κ1) is 16.3. The van der Waals surface area contributed by atoms with Crippen LogP contribution in [0, 0.1) is 0 Å². The number of rotatable bonds is 5. The number of thioether (sulfide) groups is 1. The predicted molar refractivity (Wildman–Crippen MR) is 90.3 cm³/mol. The first-order valence-corrected chi connectivity index (χ1v) is 8.71. The molecule has 0 saturated carbocycles. The summed E-state index contributed by atoms with van der Waals surface area (Å²) in [5.41, 5.74) is 1.74. The monoisotopic (exact) mass is 334 g/mol. The van der Waals surface area contributed by atoms with Crippen LogP contribution in [-0.4, -0.2) is 47.8 Å². The maximum atomic E-state index is 12.8. The summed E-state index contributed by atoms with van der Waals surface area (Å²) in [5.74, 6) is -0.122. The first-order valence-electron chi connectivity index (χ1n) is 7.83. The van der Waals surface area contributed by atoms with E-state index in [2.05, 4.69) is 5.32 Å². The third-order valence-corrected chi connectivity index (χ3v) is 5.90. The van der Waals surface area contributed by atoms with Crippen LogP contribution in [0.1, 0.15) is 41.6 Å². The molecule has 5 nitrogen and oxygen atoms in total. The number of nitrogens with zero attached hydrogens (tertiary/aromatic N) is 1. The lowest BCUT2D eigenvalue weighted by molar-refractivity contribution is -0.126. The number of amides is 2. The van der Waals surface area contributed by atoms with Gasteiger partial charge in [0.1, 0.15) is 11.4 Å². The molecule has 2 aliphatic rings. The zero-order valence-electron chi connectivity index (χ0n) is 13.7. The van der Waals surface area contributed by atoms with Gasteiger partial charge in [0.15, 0.2) is 0 Å². The highest BCUT2D eigenvalue weighted by molar-refractivity contribution is 8.01. The summed E-state index contributed by atoms with van der Waals surface area (Å²) < 4.78 is 4.68. The highest BCUT2D eigenvalue weighted by Gasteiger charge is 2.57. The van der Waals surface area contributed by atoms with Crippen molar-refractivity contribution < 1.29 is 14.3 Å². The molecule has 1 N–H and O–H groups in total. The molecule has 0 aromatic heterocycles. The molecule has 1 fully saturated rings. The van der Waals surface area contributed by atoms with E-state index in [4.69, 9.17) is 4.74 Å². The fraction of sp³-hybridized carbons (Fsp3) is 0.529. The van der Waals surface area contributed by atoms with Gasteiger partial charge in [0, 0.05) is 30.6 Å². The van der Waals surface area contributed by atoms with Crippen molar-refractivity contribution in [2.75, 3.05) is 20.3 Å². The molecule has 1 saturated heterocycles. The standard InChI is InChI=1S/C17H22N2O3S/c1-17(2)13(14(20)18-9-6-10-22-3)19-15(21)11-7-4-5-8-12(11)16(19)23-17/h4-5,7-8,13,16H,6,9-10H2,1-3H3,(H,18,20)/t13-,16-/m1/s1. The maximum Gasteiger partial charge on any atom is 0.256 e. The van der Waals surface area contributed by atoms with Gasteiger partial charge >= 0.3 is 0 Å². The lowest BCUT2D eigenvalue weighted by Crippen LogP contribution is -2.52. The third kappa shape index (κ3) is 2.74. The summed E-state index contributed by atoms with van der Waals surface area (Å²) in [6.07, 6.45) is 0.764. The Balaban J connectivity index is 1.81. The van der Waals surface area contributed by atoms with Crippen LogP contribution in [0.15, 0.2) is 24.3 Å². The number of hydrogen-bond acceptors (Lipinski definition) is 4. The van der Waals surface area contributed by atoms with E-state index in [-0.39, 0.29) is 21.9 Å². The Bertz CT molecular complexity index is 632. The summed E-state index contributed by atoms with van der Waals surface area (Å²) in [4.78, 5) is 27.2. The van der Waals surface area contributed by atoms with Gasteiger partial charge in [0.2, 0.25) is 5.91 Å². The van der Waals surface area contributed by atoms with Crippen LogP contribution in [0.4, 0.5) is 0 Å². The van der Waals surface area contributed by atoms with E-state index in [1.165, 1.54) is 0 Å². The SMILES string of the molecule is COCCCNC(=O)[C@H]1N2C(=O)c3ccccc3[C@H]2SC1(C)C. The molecule has 23 heavy (non-hydrogen) atoms. The molecule has 2 amide bonds. The van der Waals surface area contributed by atoms with Crippen LogP contribution in [0.5, 0.6) is 0 Å². The van der Waals surface area contributed by atoms with E-state index in [9.17, 15) is 9.59 Å². The van der Waals surface area contributed by atoms with Crippen LogP contribution in [-0.2, 0) is 9.53 Å². The lowest BCUT2D eigenvalue weighted by atomic mass is 10.0. The van der Waals surface area contributed by atoms with E-state index >= 15 is 0 Å². The number of nitrogens with one attached hydrogen (secondary N) is 1. The Hall–Kier alpha value is -1.53. The smallest absolute Gasteiger partial charge is 0.256 e. The van der Waals surface area contributed by atoms with Crippen molar-refractivity contribution in [3.05, 3.63) is 35.4 Å². The van der Waals surface area contributed by atoms with E-state index in [0.717, 1.165) is 17.5 Å². The molecule has 2 atom stereocenters. The van der Waals surface area contributed by atoms with Crippen molar-refractivity contribution >= 4 is 23.6 Å². The van der Waals surface area contributed by atoms with E-state index in [1.807, 2.05) is 38.1 Å². The molecular formula is C17H22N2O3S. The van der Waals surface area contributed by atoms with Gasteiger partial charge in [-0.3, -0.25) is 9.59 Å². The van der Waals surface area contributed by atoms with E-state index in [0.29, 0.717) is 13.2 Å². The zero-order valence-corrected chi connectivity index (χ0v) is 14.5. The van der Waals surface area contributed by atoms with Gasteiger partial charge in [-0.25, -0.2) is 0 Å². The molecule has 1 aromatic rings. The molecule has 124 valence electrons. The number of carbonyl (C=O) groups excluding carboxylic acids is 2. The number of fused-ring (bicyclic) bond motifs is 3. The Morgan fingerprint density at radius 3 is 2.87 bits per heavy atom. The molecule has 0 spiro atoms. The Morgan fingerprint density at radius 2 is 2.13 bits per heavy atom. The number of carbonyl (C=O) groups is 2. The van der Waals surface area contributed by atoms with E-state index in [1.54, 1.807) is 23.8 Å². The van der Waals surface area contributed by atoms with Gasteiger partial charge in [-0.05, 0) is 31.9 Å². The quantitative estimate of drug-likeness (QED) is 0.839. The fourth-order valence-electron chi connectivity index (χ4n) is 3.33. The van der Waals surface area contributed by atoms with Gasteiger partial charge in [0.05, 0.1) is 0 Å². The third-order valence-electron chi connectivity index (χ3n) is 4.37. The maximum absolute atomic E-state index is 12.8. The van der Waals surface area contributed by atoms with Crippen molar-refractivity contribution in [2.45, 2.75) is 36.4 Å². The van der Waals surface area contributed by atoms with Crippen LogP contribution >= 0.6 is 11.8 Å². The molecule has 2 aliphatic heterocycles. The summed E-state index contributed by atoms with van der Waals surface area (Å²) >= 11 is 1.68. The number of methoxy groups -OCH3 is 1. The van der Waals surface area contributed by atoms with Crippen molar-refractivity contribution in [3.8, 4) is 0 Å². The molecular weight excluding hydrogens is 312 g/mol. The largest absolute Gasteiger partial charge is 0.385 e. The number of benzene rings is 1. The van der Waals surface area contributed by atoms with Crippen molar-refractivity contribution in [1.29, 1.82) is 0 Å². The van der Waals surface area contributed by atoms with Crippen molar-refractivity contribution in [2.24, 2.45) is 0 Å². The number of ether oxygens (including phenoxy) is 1. The van der Waals surface area contributed by atoms with Gasteiger partial charge in [-0.2, -0.15) is 0 Å². The fourth-order valence-corrected chi connectivity index (χ4v) is 4.92. The van der Waals surface area contributed by atoms with E-state index < -0.39 is 6.04 Å². The Morgan fingerprint density at radius 1 is 1.39 bits per heavy atom.